The van der Waals surface area contributed by atoms with E-state index in [1.807, 2.05) is 4.57 Å². The molecule has 1 saturated heterocycles. The fraction of sp³-hybridized carbons (Fsp3) is 0.824. The minimum atomic E-state index is 0. The molecule has 0 aromatic carbocycles. The molecule has 0 spiro atoms. The van der Waals surface area contributed by atoms with Crippen LogP contribution >= 0.6 is 24.0 Å². The van der Waals surface area contributed by atoms with Gasteiger partial charge in [0.25, 0.3) is 0 Å². The zero-order valence-corrected chi connectivity index (χ0v) is 18.2. The molecule has 25 heavy (non-hydrogen) atoms. The first-order chi connectivity index (χ1) is 11.8. The molecule has 1 aromatic rings. The van der Waals surface area contributed by atoms with E-state index in [9.17, 15) is 0 Å². The molecule has 1 atom stereocenters. The van der Waals surface area contributed by atoms with Crippen molar-refractivity contribution in [1.29, 1.82) is 0 Å². The number of halogens is 1. The molecule has 2 heterocycles. The average Bonchev–Trinajstić information content (AvgIpc) is 3.27. The Labute approximate surface area is 169 Å². The molecule has 0 amide bonds. The second-order valence-electron chi connectivity index (χ2n) is 6.25. The van der Waals surface area contributed by atoms with Crippen LogP contribution in [0.4, 0.5) is 0 Å². The minimum Gasteiger partial charge on any atom is -0.357 e. The van der Waals surface area contributed by atoms with E-state index >= 15 is 0 Å². The Balaban J connectivity index is 0.00000312. The first-order valence-electron chi connectivity index (χ1n) is 9.38. The molecule has 1 aromatic heterocycles. The molecule has 1 fully saturated rings. The highest BCUT2D eigenvalue weighted by Crippen LogP contribution is 2.15. The fourth-order valence-corrected chi connectivity index (χ4v) is 3.33. The zero-order valence-electron chi connectivity index (χ0n) is 15.9. The van der Waals surface area contributed by atoms with Gasteiger partial charge in [0.05, 0.1) is 0 Å². The predicted molar refractivity (Wildman–Crippen MR) is 114 cm³/mol. The Morgan fingerprint density at radius 2 is 1.92 bits per heavy atom. The number of aliphatic imine (C=N–C) groups is 1. The third-order valence-corrected chi connectivity index (χ3v) is 4.68. The lowest BCUT2D eigenvalue weighted by Gasteiger charge is -2.27. The molecule has 1 aliphatic heterocycles. The van der Waals surface area contributed by atoms with Crippen LogP contribution in [0.1, 0.15) is 40.0 Å². The summed E-state index contributed by atoms with van der Waals surface area (Å²) < 4.78 is 2.02. The first-order valence-corrected chi connectivity index (χ1v) is 9.38. The van der Waals surface area contributed by atoms with Gasteiger partial charge in [-0.3, -0.25) is 9.89 Å². The molecule has 1 unspecified atom stereocenters. The van der Waals surface area contributed by atoms with Gasteiger partial charge in [-0.15, -0.1) is 34.2 Å². The summed E-state index contributed by atoms with van der Waals surface area (Å²) in [6.45, 7) is 13.9. The lowest BCUT2D eigenvalue weighted by atomic mass is 10.2. The standard InChI is InChI=1S/C17H33N7.HI/c1-4-18-17(19-10-7-8-11-22-14-20-21-15-22)24-12-9-16(13-24)23(5-2)6-3;/h14-16H,4-13H2,1-3H3,(H,18,19);1H. The number of rotatable bonds is 9. The molecule has 7 nitrogen and oxygen atoms in total. The molecular weight excluding hydrogens is 429 g/mol. The van der Waals surface area contributed by atoms with Gasteiger partial charge in [-0.25, -0.2) is 0 Å². The number of hydrogen-bond acceptors (Lipinski definition) is 4. The highest BCUT2D eigenvalue weighted by molar-refractivity contribution is 14.0. The third kappa shape index (κ3) is 7.08. The van der Waals surface area contributed by atoms with E-state index in [2.05, 4.69) is 46.1 Å². The number of aryl methyl sites for hydroxylation is 1. The van der Waals surface area contributed by atoms with Crippen molar-refractivity contribution in [3.63, 3.8) is 0 Å². The summed E-state index contributed by atoms with van der Waals surface area (Å²) in [7, 11) is 0. The van der Waals surface area contributed by atoms with E-state index in [-0.39, 0.29) is 24.0 Å². The van der Waals surface area contributed by atoms with Crippen molar-refractivity contribution < 1.29 is 0 Å². The molecule has 0 aliphatic carbocycles. The summed E-state index contributed by atoms with van der Waals surface area (Å²) in [6, 6.07) is 0.664. The first kappa shape index (κ1) is 22.1. The van der Waals surface area contributed by atoms with E-state index < -0.39 is 0 Å². The van der Waals surface area contributed by atoms with Crippen LogP contribution in [0.3, 0.4) is 0 Å². The summed E-state index contributed by atoms with van der Waals surface area (Å²) in [5.41, 5.74) is 0. The normalized spacial score (nSPS) is 17.8. The third-order valence-electron chi connectivity index (χ3n) is 4.68. The maximum Gasteiger partial charge on any atom is 0.193 e. The van der Waals surface area contributed by atoms with Gasteiger partial charge in [0.1, 0.15) is 12.7 Å². The Hall–Kier alpha value is -0.900. The summed E-state index contributed by atoms with van der Waals surface area (Å²) in [5.74, 6) is 1.08. The van der Waals surface area contributed by atoms with Crippen LogP contribution in [-0.4, -0.2) is 75.8 Å². The quantitative estimate of drug-likeness (QED) is 0.263. The topological polar surface area (TPSA) is 61.6 Å². The Morgan fingerprint density at radius 1 is 1.20 bits per heavy atom. The van der Waals surface area contributed by atoms with Crippen LogP contribution in [0, 0.1) is 0 Å². The molecule has 1 aliphatic rings. The van der Waals surface area contributed by atoms with Gasteiger partial charge >= 0.3 is 0 Å². The largest absolute Gasteiger partial charge is 0.357 e. The predicted octanol–water partition coefficient (Wildman–Crippen LogP) is 2.06. The summed E-state index contributed by atoms with van der Waals surface area (Å²) in [4.78, 5) is 9.81. The van der Waals surface area contributed by atoms with Crippen LogP contribution in [0.25, 0.3) is 0 Å². The van der Waals surface area contributed by atoms with Crippen molar-refractivity contribution in [2.75, 3.05) is 39.3 Å². The van der Waals surface area contributed by atoms with Crippen LogP contribution in [0.5, 0.6) is 0 Å². The van der Waals surface area contributed by atoms with Crippen LogP contribution in [-0.2, 0) is 6.54 Å². The van der Waals surface area contributed by atoms with Crippen LogP contribution in [0.15, 0.2) is 17.6 Å². The summed E-state index contributed by atoms with van der Waals surface area (Å²) in [6.07, 6.45) is 6.96. The van der Waals surface area contributed by atoms with Crippen molar-refractivity contribution in [2.24, 2.45) is 4.99 Å². The molecule has 0 radical (unpaired) electrons. The fourth-order valence-electron chi connectivity index (χ4n) is 3.33. The van der Waals surface area contributed by atoms with Gasteiger partial charge in [0.2, 0.25) is 0 Å². The van der Waals surface area contributed by atoms with Gasteiger partial charge in [-0.2, -0.15) is 0 Å². The average molecular weight is 463 g/mol. The maximum absolute atomic E-state index is 4.83. The van der Waals surface area contributed by atoms with E-state index in [0.717, 1.165) is 64.6 Å². The monoisotopic (exact) mass is 463 g/mol. The van der Waals surface area contributed by atoms with E-state index in [0.29, 0.717) is 6.04 Å². The van der Waals surface area contributed by atoms with Gasteiger partial charge in [0.15, 0.2) is 5.96 Å². The zero-order chi connectivity index (χ0) is 17.2. The van der Waals surface area contributed by atoms with E-state index in [1.165, 1.54) is 6.42 Å². The van der Waals surface area contributed by atoms with Crippen molar-refractivity contribution >= 4 is 29.9 Å². The van der Waals surface area contributed by atoms with Crippen LogP contribution < -0.4 is 5.32 Å². The minimum absolute atomic E-state index is 0. The van der Waals surface area contributed by atoms with Gasteiger partial charge in [0, 0.05) is 38.8 Å². The lowest BCUT2D eigenvalue weighted by Crippen LogP contribution is -2.43. The number of nitrogens with one attached hydrogen (secondary N) is 1. The summed E-state index contributed by atoms with van der Waals surface area (Å²) in [5, 5.41) is 11.1. The number of likely N-dealkylation sites (tertiary alicyclic amines) is 1. The number of aromatic nitrogens is 3. The molecule has 0 saturated carbocycles. The van der Waals surface area contributed by atoms with Crippen molar-refractivity contribution in [2.45, 2.75) is 52.6 Å². The van der Waals surface area contributed by atoms with Crippen molar-refractivity contribution in [3.05, 3.63) is 12.7 Å². The number of hydrogen-bond donors (Lipinski definition) is 1. The lowest BCUT2D eigenvalue weighted by molar-refractivity contribution is 0.223. The SMILES string of the molecule is CCNC(=NCCCCn1cnnc1)N1CCC(N(CC)CC)C1.I. The van der Waals surface area contributed by atoms with Gasteiger partial charge < -0.3 is 14.8 Å². The number of likely N-dealkylation sites (N-methyl/N-ethyl adjacent to an activating group) is 1. The number of guanidine groups is 1. The highest BCUT2D eigenvalue weighted by atomic mass is 127. The number of unbranched alkanes of at least 4 members (excludes halogenated alkanes) is 1. The number of nitrogens with zero attached hydrogens (tertiary/aromatic N) is 6. The molecule has 8 heteroatoms. The van der Waals surface area contributed by atoms with E-state index in [4.69, 9.17) is 4.99 Å². The second-order valence-corrected chi connectivity index (χ2v) is 6.25. The van der Waals surface area contributed by atoms with Gasteiger partial charge in [-0.1, -0.05) is 13.8 Å². The maximum atomic E-state index is 4.83. The Kier molecular flexibility index (Phi) is 11.0. The van der Waals surface area contributed by atoms with Crippen LogP contribution in [0.2, 0.25) is 0 Å². The van der Waals surface area contributed by atoms with Crippen molar-refractivity contribution in [3.8, 4) is 0 Å². The van der Waals surface area contributed by atoms with E-state index in [1.54, 1.807) is 12.7 Å². The molecule has 144 valence electrons. The van der Waals surface area contributed by atoms with Crippen molar-refractivity contribution in [1.82, 2.24) is 29.9 Å². The molecule has 1 N–H and O–H groups in total. The molecule has 2 rings (SSSR count). The smallest absolute Gasteiger partial charge is 0.193 e. The van der Waals surface area contributed by atoms with Gasteiger partial charge in [-0.05, 0) is 39.3 Å². The highest BCUT2D eigenvalue weighted by Gasteiger charge is 2.27. The Bertz CT molecular complexity index is 473. The Morgan fingerprint density at radius 3 is 2.56 bits per heavy atom. The molecule has 0 bridgehead atoms. The summed E-state index contributed by atoms with van der Waals surface area (Å²) >= 11 is 0. The molecular formula is C17H34IN7. The second kappa shape index (κ2) is 12.5.